The van der Waals surface area contributed by atoms with E-state index in [0.717, 1.165) is 44.6 Å². The van der Waals surface area contributed by atoms with Crippen LogP contribution in [0.25, 0.3) is 0 Å². The predicted octanol–water partition coefficient (Wildman–Crippen LogP) is 2.52. The van der Waals surface area contributed by atoms with E-state index in [2.05, 4.69) is 9.88 Å². The van der Waals surface area contributed by atoms with Crippen molar-refractivity contribution in [3.63, 3.8) is 0 Å². The molecule has 3 aliphatic rings. The summed E-state index contributed by atoms with van der Waals surface area (Å²) in [6.07, 6.45) is 5.56. The molecule has 0 saturated carbocycles. The van der Waals surface area contributed by atoms with Gasteiger partial charge in [0.1, 0.15) is 0 Å². The Morgan fingerprint density at radius 3 is 2.56 bits per heavy atom. The molecular weight excluding hydrogens is 342 g/mol. The predicted molar refractivity (Wildman–Crippen MR) is 100 cm³/mol. The lowest BCUT2D eigenvalue weighted by molar-refractivity contribution is 0.0695. The van der Waals surface area contributed by atoms with Gasteiger partial charge in [0.2, 0.25) is 0 Å². The zero-order valence-corrected chi connectivity index (χ0v) is 15.1. The van der Waals surface area contributed by atoms with Crippen molar-refractivity contribution < 1.29 is 14.7 Å². The molecule has 0 spiro atoms. The molecule has 2 aromatic rings. The normalized spacial score (nSPS) is 22.4. The standard InChI is InChI=1S/C21H23N3O3/c25-20(18-2-1-9-22-10-18)24-13-16-5-8-19(14-24)23(12-16)11-15-3-6-17(7-4-15)21(26)27/h1-4,6-7,9-10,16,19H,5,8,11-14H2,(H,26,27). The number of amides is 1. The van der Waals surface area contributed by atoms with Crippen LogP contribution < -0.4 is 0 Å². The first-order valence-electron chi connectivity index (χ1n) is 9.36. The van der Waals surface area contributed by atoms with Crippen molar-refractivity contribution in [1.82, 2.24) is 14.8 Å². The first kappa shape index (κ1) is 17.7. The average molecular weight is 365 g/mol. The Labute approximate surface area is 158 Å². The van der Waals surface area contributed by atoms with Crippen molar-refractivity contribution in [2.45, 2.75) is 25.4 Å². The fourth-order valence-electron chi connectivity index (χ4n) is 4.20. The molecule has 1 amide bonds. The monoisotopic (exact) mass is 365 g/mol. The third-order valence-electron chi connectivity index (χ3n) is 5.61. The molecule has 6 nitrogen and oxygen atoms in total. The lowest BCUT2D eigenvalue weighted by Gasteiger charge is -2.36. The van der Waals surface area contributed by atoms with Gasteiger partial charge in [-0.1, -0.05) is 12.1 Å². The summed E-state index contributed by atoms with van der Waals surface area (Å²) in [4.78, 5) is 32.4. The summed E-state index contributed by atoms with van der Waals surface area (Å²) in [5.74, 6) is -0.365. The minimum atomic E-state index is -0.903. The second kappa shape index (κ2) is 7.48. The van der Waals surface area contributed by atoms with E-state index in [4.69, 9.17) is 5.11 Å². The number of carbonyl (C=O) groups excluding carboxylic acids is 1. The van der Waals surface area contributed by atoms with E-state index >= 15 is 0 Å². The van der Waals surface area contributed by atoms with Gasteiger partial charge in [-0.3, -0.25) is 14.7 Å². The Morgan fingerprint density at radius 1 is 1.04 bits per heavy atom. The van der Waals surface area contributed by atoms with Crippen molar-refractivity contribution in [3.05, 3.63) is 65.5 Å². The average Bonchev–Trinajstić information content (AvgIpc) is 3.00. The fraction of sp³-hybridized carbons (Fsp3) is 0.381. The van der Waals surface area contributed by atoms with Crippen molar-refractivity contribution in [2.75, 3.05) is 19.6 Å². The zero-order chi connectivity index (χ0) is 18.8. The first-order valence-corrected chi connectivity index (χ1v) is 9.36. The smallest absolute Gasteiger partial charge is 0.335 e. The summed E-state index contributed by atoms with van der Waals surface area (Å²) in [6.45, 7) is 3.29. The number of rotatable bonds is 4. The van der Waals surface area contributed by atoms with E-state index in [-0.39, 0.29) is 5.91 Å². The quantitative estimate of drug-likeness (QED) is 0.901. The maximum absolute atomic E-state index is 12.8. The van der Waals surface area contributed by atoms with Crippen LogP contribution in [-0.4, -0.2) is 57.4 Å². The molecule has 27 heavy (non-hydrogen) atoms. The molecular formula is C21H23N3O3. The molecule has 2 atom stereocenters. The molecule has 3 aliphatic heterocycles. The molecule has 4 heterocycles. The molecule has 140 valence electrons. The van der Waals surface area contributed by atoms with Gasteiger partial charge in [-0.2, -0.15) is 0 Å². The molecule has 1 N–H and O–H groups in total. The summed E-state index contributed by atoms with van der Waals surface area (Å²) in [6, 6.07) is 11.1. The Morgan fingerprint density at radius 2 is 1.85 bits per heavy atom. The maximum atomic E-state index is 12.8. The van der Waals surface area contributed by atoms with Crippen LogP contribution in [0.15, 0.2) is 48.8 Å². The molecule has 5 rings (SSSR count). The summed E-state index contributed by atoms with van der Waals surface area (Å²) in [7, 11) is 0. The Bertz CT molecular complexity index is 822. The molecule has 0 aliphatic carbocycles. The van der Waals surface area contributed by atoms with E-state index in [9.17, 15) is 9.59 Å². The number of piperidine rings is 1. The lowest BCUT2D eigenvalue weighted by atomic mass is 9.94. The van der Waals surface area contributed by atoms with Gasteiger partial charge >= 0.3 is 5.97 Å². The van der Waals surface area contributed by atoms with Gasteiger partial charge in [-0.15, -0.1) is 0 Å². The molecule has 1 aromatic heterocycles. The number of hydrogen-bond acceptors (Lipinski definition) is 4. The van der Waals surface area contributed by atoms with E-state index < -0.39 is 5.97 Å². The van der Waals surface area contributed by atoms with E-state index in [0.29, 0.717) is 23.1 Å². The molecule has 2 bridgehead atoms. The molecule has 0 radical (unpaired) electrons. The van der Waals surface area contributed by atoms with Gasteiger partial charge in [0.05, 0.1) is 11.1 Å². The fourth-order valence-corrected chi connectivity index (χ4v) is 4.20. The maximum Gasteiger partial charge on any atom is 0.335 e. The number of aromatic nitrogens is 1. The second-order valence-electron chi connectivity index (χ2n) is 7.48. The van der Waals surface area contributed by atoms with Crippen LogP contribution >= 0.6 is 0 Å². The summed E-state index contributed by atoms with van der Waals surface area (Å²) >= 11 is 0. The third kappa shape index (κ3) is 3.85. The zero-order valence-electron chi connectivity index (χ0n) is 15.1. The third-order valence-corrected chi connectivity index (χ3v) is 5.61. The molecule has 3 fully saturated rings. The number of carboxylic acid groups (broad SMARTS) is 1. The van der Waals surface area contributed by atoms with Crippen molar-refractivity contribution in [1.29, 1.82) is 0 Å². The van der Waals surface area contributed by atoms with Gasteiger partial charge in [0.25, 0.3) is 5.91 Å². The van der Waals surface area contributed by atoms with E-state index in [1.165, 1.54) is 0 Å². The van der Waals surface area contributed by atoms with Gasteiger partial charge < -0.3 is 10.0 Å². The second-order valence-corrected chi connectivity index (χ2v) is 7.48. The van der Waals surface area contributed by atoms with Crippen LogP contribution in [0, 0.1) is 5.92 Å². The minimum Gasteiger partial charge on any atom is -0.478 e. The Hall–Kier alpha value is -2.73. The van der Waals surface area contributed by atoms with Crippen molar-refractivity contribution in [3.8, 4) is 0 Å². The minimum absolute atomic E-state index is 0.0626. The van der Waals surface area contributed by atoms with Crippen molar-refractivity contribution in [2.24, 2.45) is 5.92 Å². The summed E-state index contributed by atoms with van der Waals surface area (Å²) < 4.78 is 0. The number of aromatic carboxylic acids is 1. The van der Waals surface area contributed by atoms with Gasteiger partial charge in [0.15, 0.2) is 0 Å². The van der Waals surface area contributed by atoms with E-state index in [1.54, 1.807) is 30.6 Å². The largest absolute Gasteiger partial charge is 0.478 e. The van der Waals surface area contributed by atoms with Crippen LogP contribution in [0.4, 0.5) is 0 Å². The highest BCUT2D eigenvalue weighted by Crippen LogP contribution is 2.30. The number of nitrogens with zero attached hydrogens (tertiary/aromatic N) is 3. The molecule has 1 aromatic carbocycles. The van der Waals surface area contributed by atoms with Crippen LogP contribution in [0.3, 0.4) is 0 Å². The molecule has 2 unspecified atom stereocenters. The number of carboxylic acids is 1. The molecule has 6 heteroatoms. The van der Waals surface area contributed by atoms with Crippen LogP contribution in [0.2, 0.25) is 0 Å². The molecule has 3 saturated heterocycles. The number of fused-ring (bicyclic) bond motifs is 4. The van der Waals surface area contributed by atoms with Gasteiger partial charge in [-0.05, 0) is 48.6 Å². The number of hydrogen-bond donors (Lipinski definition) is 1. The van der Waals surface area contributed by atoms with E-state index in [1.807, 2.05) is 23.1 Å². The first-order chi connectivity index (χ1) is 13.1. The lowest BCUT2D eigenvalue weighted by Crippen LogP contribution is -2.43. The highest BCUT2D eigenvalue weighted by molar-refractivity contribution is 5.94. The number of carbonyl (C=O) groups is 2. The topological polar surface area (TPSA) is 73.7 Å². The summed E-state index contributed by atoms with van der Waals surface area (Å²) in [5, 5.41) is 9.04. The highest BCUT2D eigenvalue weighted by atomic mass is 16.4. The van der Waals surface area contributed by atoms with Crippen LogP contribution in [-0.2, 0) is 6.54 Å². The Balaban J connectivity index is 1.46. The number of benzene rings is 1. The Kier molecular flexibility index (Phi) is 4.90. The van der Waals surface area contributed by atoms with Crippen LogP contribution in [0.5, 0.6) is 0 Å². The SMILES string of the molecule is O=C(O)c1ccc(CN2CC3CCC2CN(C(=O)c2cccnc2)C3)cc1. The number of pyridine rings is 1. The summed E-state index contributed by atoms with van der Waals surface area (Å²) in [5.41, 5.74) is 2.07. The highest BCUT2D eigenvalue weighted by Gasteiger charge is 2.36. The van der Waals surface area contributed by atoms with Crippen molar-refractivity contribution >= 4 is 11.9 Å². The van der Waals surface area contributed by atoms with Crippen LogP contribution in [0.1, 0.15) is 39.1 Å². The van der Waals surface area contributed by atoms with Gasteiger partial charge in [0, 0.05) is 44.6 Å². The van der Waals surface area contributed by atoms with Gasteiger partial charge in [-0.25, -0.2) is 4.79 Å².